The van der Waals surface area contributed by atoms with Crippen LogP contribution in [-0.4, -0.2) is 46.5 Å². The lowest BCUT2D eigenvalue weighted by Gasteiger charge is -2.32. The van der Waals surface area contributed by atoms with Gasteiger partial charge in [0, 0.05) is 25.0 Å². The SMILES string of the molecule is Cc1ccc([C@@H]2SCC(=O)N2CCN(C(=O)C(C)C)C(C)C)cc1. The van der Waals surface area contributed by atoms with Crippen molar-refractivity contribution in [3.63, 3.8) is 0 Å². The number of hydrogen-bond acceptors (Lipinski definition) is 3. The molecule has 0 radical (unpaired) electrons. The Morgan fingerprint density at radius 3 is 2.42 bits per heavy atom. The molecule has 0 N–H and O–H groups in total. The van der Waals surface area contributed by atoms with E-state index in [1.807, 2.05) is 37.5 Å². The molecule has 1 aromatic rings. The van der Waals surface area contributed by atoms with Crippen LogP contribution in [0.4, 0.5) is 0 Å². The molecule has 5 heteroatoms. The van der Waals surface area contributed by atoms with E-state index in [4.69, 9.17) is 0 Å². The van der Waals surface area contributed by atoms with Crippen molar-refractivity contribution in [3.8, 4) is 0 Å². The van der Waals surface area contributed by atoms with Crippen molar-refractivity contribution in [1.82, 2.24) is 9.80 Å². The molecule has 0 bridgehead atoms. The summed E-state index contributed by atoms with van der Waals surface area (Å²) in [5, 5.41) is 0.0567. The minimum Gasteiger partial charge on any atom is -0.338 e. The Hall–Kier alpha value is -1.49. The Bertz CT molecular complexity index is 584. The molecule has 1 aliphatic rings. The minimum atomic E-state index is -0.0241. The van der Waals surface area contributed by atoms with Crippen molar-refractivity contribution >= 4 is 23.6 Å². The lowest BCUT2D eigenvalue weighted by molar-refractivity contribution is -0.138. The lowest BCUT2D eigenvalue weighted by Crippen LogP contribution is -2.45. The van der Waals surface area contributed by atoms with Crippen LogP contribution in [0.1, 0.15) is 44.2 Å². The Morgan fingerprint density at radius 1 is 1.25 bits per heavy atom. The average Bonchev–Trinajstić information content (AvgIpc) is 2.89. The highest BCUT2D eigenvalue weighted by molar-refractivity contribution is 8.00. The Morgan fingerprint density at radius 2 is 1.88 bits per heavy atom. The molecule has 0 unspecified atom stereocenters. The van der Waals surface area contributed by atoms with Crippen molar-refractivity contribution in [2.75, 3.05) is 18.8 Å². The fourth-order valence-corrected chi connectivity index (χ4v) is 4.09. The lowest BCUT2D eigenvalue weighted by atomic mass is 10.1. The van der Waals surface area contributed by atoms with Gasteiger partial charge in [0.25, 0.3) is 0 Å². The maximum atomic E-state index is 12.4. The van der Waals surface area contributed by atoms with Gasteiger partial charge in [-0.15, -0.1) is 11.8 Å². The van der Waals surface area contributed by atoms with E-state index in [1.165, 1.54) is 5.56 Å². The molecule has 4 nitrogen and oxygen atoms in total. The summed E-state index contributed by atoms with van der Waals surface area (Å²) < 4.78 is 0. The summed E-state index contributed by atoms with van der Waals surface area (Å²) in [6.07, 6.45) is 0. The van der Waals surface area contributed by atoms with Crippen LogP contribution in [0.15, 0.2) is 24.3 Å². The maximum absolute atomic E-state index is 12.4. The fourth-order valence-electron chi connectivity index (χ4n) is 2.87. The fraction of sp³-hybridized carbons (Fsp3) is 0.579. The quantitative estimate of drug-likeness (QED) is 0.790. The molecule has 1 atom stereocenters. The van der Waals surface area contributed by atoms with Gasteiger partial charge in [0.1, 0.15) is 5.37 Å². The predicted octanol–water partition coefficient (Wildman–Crippen LogP) is 3.46. The van der Waals surface area contributed by atoms with Gasteiger partial charge >= 0.3 is 0 Å². The highest BCUT2D eigenvalue weighted by Gasteiger charge is 2.33. The first kappa shape index (κ1) is 18.8. The molecule has 1 heterocycles. The van der Waals surface area contributed by atoms with E-state index in [2.05, 4.69) is 31.2 Å². The predicted molar refractivity (Wildman–Crippen MR) is 99.8 cm³/mol. The first-order valence-corrected chi connectivity index (χ1v) is 9.64. The number of rotatable bonds is 6. The van der Waals surface area contributed by atoms with Crippen molar-refractivity contribution in [2.24, 2.45) is 5.92 Å². The van der Waals surface area contributed by atoms with E-state index in [1.54, 1.807) is 11.8 Å². The number of aryl methyl sites for hydroxylation is 1. The highest BCUT2D eigenvalue weighted by atomic mass is 32.2. The van der Waals surface area contributed by atoms with Crippen LogP contribution in [0.25, 0.3) is 0 Å². The molecular formula is C19H28N2O2S. The van der Waals surface area contributed by atoms with Crippen molar-refractivity contribution in [3.05, 3.63) is 35.4 Å². The largest absolute Gasteiger partial charge is 0.338 e. The van der Waals surface area contributed by atoms with Gasteiger partial charge in [0.15, 0.2) is 0 Å². The number of nitrogens with zero attached hydrogens (tertiary/aromatic N) is 2. The van der Waals surface area contributed by atoms with E-state index in [-0.39, 0.29) is 29.1 Å². The smallest absolute Gasteiger partial charge is 0.233 e. The summed E-state index contributed by atoms with van der Waals surface area (Å²) >= 11 is 1.67. The first-order valence-electron chi connectivity index (χ1n) is 8.59. The molecule has 0 saturated carbocycles. The number of carbonyl (C=O) groups is 2. The van der Waals surface area contributed by atoms with Crippen molar-refractivity contribution in [2.45, 2.75) is 46.0 Å². The monoisotopic (exact) mass is 348 g/mol. The second-order valence-corrected chi connectivity index (χ2v) is 8.01. The van der Waals surface area contributed by atoms with Crippen LogP contribution in [0.5, 0.6) is 0 Å². The molecule has 0 aromatic heterocycles. The van der Waals surface area contributed by atoms with Crippen LogP contribution in [0, 0.1) is 12.8 Å². The van der Waals surface area contributed by atoms with Crippen molar-refractivity contribution in [1.29, 1.82) is 0 Å². The molecule has 2 amide bonds. The molecule has 1 aromatic carbocycles. The normalized spacial score (nSPS) is 17.9. The summed E-state index contributed by atoms with van der Waals surface area (Å²) in [7, 11) is 0. The molecule has 24 heavy (non-hydrogen) atoms. The molecule has 1 fully saturated rings. The van der Waals surface area contributed by atoms with Gasteiger partial charge in [-0.2, -0.15) is 0 Å². The number of thioether (sulfide) groups is 1. The molecule has 1 saturated heterocycles. The summed E-state index contributed by atoms with van der Waals surface area (Å²) in [5.41, 5.74) is 2.37. The van der Waals surface area contributed by atoms with E-state index in [9.17, 15) is 9.59 Å². The zero-order chi connectivity index (χ0) is 17.9. The number of carbonyl (C=O) groups excluding carboxylic acids is 2. The highest BCUT2D eigenvalue weighted by Crippen LogP contribution is 2.38. The van der Waals surface area contributed by atoms with Gasteiger partial charge in [-0.1, -0.05) is 43.7 Å². The van der Waals surface area contributed by atoms with E-state index < -0.39 is 0 Å². The molecule has 0 spiro atoms. The van der Waals surface area contributed by atoms with Gasteiger partial charge in [-0.25, -0.2) is 0 Å². The summed E-state index contributed by atoms with van der Waals surface area (Å²) in [6.45, 7) is 11.1. The second-order valence-electron chi connectivity index (χ2n) is 6.94. The van der Waals surface area contributed by atoms with Crippen LogP contribution < -0.4 is 0 Å². The molecular weight excluding hydrogens is 320 g/mol. The zero-order valence-electron chi connectivity index (χ0n) is 15.3. The average molecular weight is 349 g/mol. The third kappa shape index (κ3) is 4.32. The third-order valence-corrected chi connectivity index (χ3v) is 5.57. The van der Waals surface area contributed by atoms with Gasteiger partial charge in [-0.05, 0) is 26.3 Å². The van der Waals surface area contributed by atoms with E-state index in [0.29, 0.717) is 18.8 Å². The van der Waals surface area contributed by atoms with Gasteiger partial charge < -0.3 is 9.80 Å². The van der Waals surface area contributed by atoms with E-state index in [0.717, 1.165) is 5.56 Å². The van der Waals surface area contributed by atoms with Gasteiger partial charge in [-0.3, -0.25) is 9.59 Å². The van der Waals surface area contributed by atoms with Crippen LogP contribution in [0.2, 0.25) is 0 Å². The summed E-state index contributed by atoms with van der Waals surface area (Å²) in [6, 6.07) is 8.50. The van der Waals surface area contributed by atoms with Gasteiger partial charge in [0.2, 0.25) is 11.8 Å². The van der Waals surface area contributed by atoms with Crippen LogP contribution in [0.3, 0.4) is 0 Å². The Balaban J connectivity index is 2.09. The first-order chi connectivity index (χ1) is 11.3. The Labute approximate surface area is 149 Å². The minimum absolute atomic E-state index is 0.0241. The van der Waals surface area contributed by atoms with Crippen molar-refractivity contribution < 1.29 is 9.59 Å². The van der Waals surface area contributed by atoms with Crippen LogP contribution >= 0.6 is 11.8 Å². The van der Waals surface area contributed by atoms with E-state index >= 15 is 0 Å². The van der Waals surface area contributed by atoms with Gasteiger partial charge in [0.05, 0.1) is 5.75 Å². The molecule has 132 valence electrons. The molecule has 1 aliphatic heterocycles. The second kappa shape index (κ2) is 8.06. The van der Waals surface area contributed by atoms with Crippen LogP contribution in [-0.2, 0) is 9.59 Å². The number of amides is 2. The number of hydrogen-bond donors (Lipinski definition) is 0. The number of benzene rings is 1. The standard InChI is InChI=1S/C19H28N2O2S/c1-13(2)18(23)20(14(3)4)10-11-21-17(22)12-24-19(21)16-8-6-15(5)7-9-16/h6-9,13-14,19H,10-12H2,1-5H3/t19-/m0/s1. The zero-order valence-corrected chi connectivity index (χ0v) is 16.1. The molecule has 0 aliphatic carbocycles. The maximum Gasteiger partial charge on any atom is 0.233 e. The third-order valence-electron chi connectivity index (χ3n) is 4.31. The summed E-state index contributed by atoms with van der Waals surface area (Å²) in [5.74, 6) is 0.796. The molecule has 2 rings (SSSR count). The Kier molecular flexibility index (Phi) is 6.33. The summed E-state index contributed by atoms with van der Waals surface area (Å²) in [4.78, 5) is 28.5. The topological polar surface area (TPSA) is 40.6 Å².